The van der Waals surface area contributed by atoms with Gasteiger partial charge in [-0.2, -0.15) is 0 Å². The number of carbonyl (C=O) groups is 3. The van der Waals surface area contributed by atoms with Gasteiger partial charge in [-0.15, -0.1) is 0 Å². The van der Waals surface area contributed by atoms with Crippen molar-refractivity contribution in [3.05, 3.63) is 72.9 Å². The number of hydrogen-bond donors (Lipinski definition) is 2. The molecule has 1 amide bonds. The average molecular weight is 696 g/mol. The van der Waals surface area contributed by atoms with Gasteiger partial charge in [0, 0.05) is 12.8 Å². The summed E-state index contributed by atoms with van der Waals surface area (Å²) in [6.45, 7) is 4.06. The molecule has 1 unspecified atom stereocenters. The van der Waals surface area contributed by atoms with E-state index in [0.29, 0.717) is 12.8 Å². The van der Waals surface area contributed by atoms with E-state index < -0.39 is 5.97 Å². The first-order valence-electron chi connectivity index (χ1n) is 20.1. The lowest BCUT2D eigenvalue weighted by Gasteiger charge is -2.18. The molecule has 0 saturated heterocycles. The first-order valence-corrected chi connectivity index (χ1v) is 20.1. The number of carboxylic acids is 1. The standard InChI is InChI=1S/C44H73NO5/c1-3-5-7-9-11-12-13-14-15-16-17-18-19-20-21-22-23-24-25-26-27-29-35-39-44(49)50-41(36-32-28-10-8-6-4-2)37-33-30-31-34-38-42(46)45-40-43(47)48/h5,7,11-12,14-15,17-18,20-21,23-24,41H,3-4,6,8-10,13,16,19,22,25-40H2,1-2H3,(H,45,46)(H,47,48)/b7-5-,12-11-,15-14-,18-17-,21-20-,24-23-. The molecule has 0 heterocycles. The van der Waals surface area contributed by atoms with Crippen molar-refractivity contribution in [2.75, 3.05) is 6.54 Å². The zero-order valence-corrected chi connectivity index (χ0v) is 32.0. The fourth-order valence-corrected chi connectivity index (χ4v) is 5.46. The maximum Gasteiger partial charge on any atom is 0.322 e. The van der Waals surface area contributed by atoms with Crippen LogP contribution in [0.2, 0.25) is 0 Å². The summed E-state index contributed by atoms with van der Waals surface area (Å²) in [7, 11) is 0. The first-order chi connectivity index (χ1) is 24.5. The number of nitrogens with one attached hydrogen (secondary N) is 1. The van der Waals surface area contributed by atoms with Crippen LogP contribution in [-0.2, 0) is 19.1 Å². The zero-order valence-electron chi connectivity index (χ0n) is 32.0. The molecule has 0 radical (unpaired) electrons. The molecule has 0 aliphatic heterocycles. The summed E-state index contributed by atoms with van der Waals surface area (Å²) in [5.41, 5.74) is 0. The van der Waals surface area contributed by atoms with Crippen LogP contribution in [0.3, 0.4) is 0 Å². The summed E-state index contributed by atoms with van der Waals surface area (Å²) in [4.78, 5) is 34.9. The Balaban J connectivity index is 4.02. The molecule has 1 atom stereocenters. The van der Waals surface area contributed by atoms with Gasteiger partial charge < -0.3 is 15.2 Å². The van der Waals surface area contributed by atoms with Crippen molar-refractivity contribution in [3.8, 4) is 0 Å². The van der Waals surface area contributed by atoms with Gasteiger partial charge in [0.1, 0.15) is 12.6 Å². The Bertz CT molecular complexity index is 990. The second-order valence-corrected chi connectivity index (χ2v) is 13.2. The van der Waals surface area contributed by atoms with Crippen molar-refractivity contribution in [2.24, 2.45) is 0 Å². The molecule has 0 rings (SSSR count). The topological polar surface area (TPSA) is 92.7 Å². The molecular weight excluding hydrogens is 622 g/mol. The quantitative estimate of drug-likeness (QED) is 0.0391. The minimum atomic E-state index is -1.03. The van der Waals surface area contributed by atoms with E-state index in [1.807, 2.05) is 0 Å². The number of unbranched alkanes of at least 4 members (excludes halogenated alkanes) is 12. The van der Waals surface area contributed by atoms with E-state index >= 15 is 0 Å². The highest BCUT2D eigenvalue weighted by molar-refractivity contribution is 5.80. The van der Waals surface area contributed by atoms with Crippen LogP contribution in [0.4, 0.5) is 0 Å². The molecule has 0 aliphatic rings. The highest BCUT2D eigenvalue weighted by atomic mass is 16.5. The van der Waals surface area contributed by atoms with Crippen LogP contribution >= 0.6 is 0 Å². The second kappa shape index (κ2) is 38.6. The highest BCUT2D eigenvalue weighted by Gasteiger charge is 2.14. The molecular formula is C44H73NO5. The second-order valence-electron chi connectivity index (χ2n) is 13.2. The van der Waals surface area contributed by atoms with Gasteiger partial charge in [0.25, 0.3) is 0 Å². The van der Waals surface area contributed by atoms with Gasteiger partial charge >= 0.3 is 11.9 Å². The number of allylic oxidation sites excluding steroid dienone is 12. The molecule has 0 aromatic heterocycles. The average Bonchev–Trinajstić information content (AvgIpc) is 3.10. The lowest BCUT2D eigenvalue weighted by Crippen LogP contribution is -2.28. The third-order valence-corrected chi connectivity index (χ3v) is 8.39. The first kappa shape index (κ1) is 46.9. The van der Waals surface area contributed by atoms with Crippen LogP contribution in [0.15, 0.2) is 72.9 Å². The fourth-order valence-electron chi connectivity index (χ4n) is 5.46. The predicted molar refractivity (Wildman–Crippen MR) is 212 cm³/mol. The van der Waals surface area contributed by atoms with Gasteiger partial charge in [-0.05, 0) is 89.9 Å². The molecule has 6 nitrogen and oxygen atoms in total. The minimum absolute atomic E-state index is 0.0133. The van der Waals surface area contributed by atoms with Crippen molar-refractivity contribution in [3.63, 3.8) is 0 Å². The number of amides is 1. The largest absolute Gasteiger partial charge is 0.480 e. The van der Waals surface area contributed by atoms with Gasteiger partial charge in [-0.25, -0.2) is 0 Å². The zero-order chi connectivity index (χ0) is 36.6. The molecule has 0 spiro atoms. The lowest BCUT2D eigenvalue weighted by atomic mass is 10.0. The molecule has 6 heteroatoms. The van der Waals surface area contributed by atoms with Crippen molar-refractivity contribution in [1.29, 1.82) is 0 Å². The van der Waals surface area contributed by atoms with Crippen LogP contribution < -0.4 is 5.32 Å². The van der Waals surface area contributed by atoms with Crippen LogP contribution in [-0.4, -0.2) is 35.6 Å². The molecule has 0 bridgehead atoms. The fraction of sp³-hybridized carbons (Fsp3) is 0.659. The van der Waals surface area contributed by atoms with Crippen LogP contribution in [0.25, 0.3) is 0 Å². The third kappa shape index (κ3) is 37.7. The molecule has 2 N–H and O–H groups in total. The molecule has 284 valence electrons. The normalized spacial score (nSPS) is 12.8. The van der Waals surface area contributed by atoms with Gasteiger partial charge in [0.15, 0.2) is 0 Å². The Labute approximate surface area is 306 Å². The third-order valence-electron chi connectivity index (χ3n) is 8.39. The van der Waals surface area contributed by atoms with E-state index in [0.717, 1.165) is 116 Å². The monoisotopic (exact) mass is 696 g/mol. The lowest BCUT2D eigenvalue weighted by molar-refractivity contribution is -0.150. The van der Waals surface area contributed by atoms with Crippen molar-refractivity contribution < 1.29 is 24.2 Å². The van der Waals surface area contributed by atoms with Crippen LogP contribution in [0.5, 0.6) is 0 Å². The van der Waals surface area contributed by atoms with E-state index in [1.165, 1.54) is 32.1 Å². The van der Waals surface area contributed by atoms with E-state index in [9.17, 15) is 14.4 Å². The predicted octanol–water partition coefficient (Wildman–Crippen LogP) is 12.2. The number of esters is 1. The van der Waals surface area contributed by atoms with Crippen LogP contribution in [0, 0.1) is 0 Å². The van der Waals surface area contributed by atoms with E-state index in [1.54, 1.807) is 0 Å². The van der Waals surface area contributed by atoms with Crippen molar-refractivity contribution in [2.45, 2.75) is 180 Å². The Morgan fingerprint density at radius 2 is 0.980 bits per heavy atom. The summed E-state index contributed by atoms with van der Waals surface area (Å²) in [5.74, 6) is -1.30. The summed E-state index contributed by atoms with van der Waals surface area (Å²) < 4.78 is 5.94. The van der Waals surface area contributed by atoms with Gasteiger partial charge in [-0.3, -0.25) is 14.4 Å². The molecule has 0 aliphatic carbocycles. The Hall–Kier alpha value is -3.15. The Kier molecular flexibility index (Phi) is 36.2. The number of carbonyl (C=O) groups excluding carboxylic acids is 2. The van der Waals surface area contributed by atoms with Crippen molar-refractivity contribution >= 4 is 17.8 Å². The van der Waals surface area contributed by atoms with Gasteiger partial charge in [0.05, 0.1) is 0 Å². The molecule has 50 heavy (non-hydrogen) atoms. The highest BCUT2D eigenvalue weighted by Crippen LogP contribution is 2.18. The van der Waals surface area contributed by atoms with Gasteiger partial charge in [-0.1, -0.05) is 145 Å². The number of carboxylic acid groups (broad SMARTS) is 1. The molecule has 0 saturated carbocycles. The van der Waals surface area contributed by atoms with Crippen molar-refractivity contribution in [1.82, 2.24) is 5.32 Å². The number of aliphatic carboxylic acids is 1. The molecule has 0 aromatic carbocycles. The summed E-state index contributed by atoms with van der Waals surface area (Å²) >= 11 is 0. The number of rotatable bonds is 35. The Morgan fingerprint density at radius 3 is 1.50 bits per heavy atom. The Morgan fingerprint density at radius 1 is 0.540 bits per heavy atom. The summed E-state index contributed by atoms with van der Waals surface area (Å²) in [5, 5.41) is 11.1. The minimum Gasteiger partial charge on any atom is -0.480 e. The molecule has 0 aromatic rings. The maximum atomic E-state index is 12.6. The molecule has 0 fully saturated rings. The van der Waals surface area contributed by atoms with E-state index in [-0.39, 0.29) is 24.5 Å². The van der Waals surface area contributed by atoms with E-state index in [2.05, 4.69) is 92.1 Å². The number of hydrogen-bond acceptors (Lipinski definition) is 4. The smallest absolute Gasteiger partial charge is 0.322 e. The van der Waals surface area contributed by atoms with E-state index in [4.69, 9.17) is 9.84 Å². The summed E-state index contributed by atoms with van der Waals surface area (Å²) in [6.07, 6.45) is 51.7. The SMILES string of the molecule is CC/C=C\C/C=C\C/C=C\C/C=C\C/C=C\C/C=C\CCCCCCC(=O)OC(CCCCCCCC)CCCCCCC(=O)NCC(=O)O. The summed E-state index contributed by atoms with van der Waals surface area (Å²) in [6, 6.07) is 0. The van der Waals surface area contributed by atoms with Gasteiger partial charge in [0.2, 0.25) is 5.91 Å². The van der Waals surface area contributed by atoms with Crippen LogP contribution in [0.1, 0.15) is 174 Å². The number of ether oxygens (including phenoxy) is 1. The maximum absolute atomic E-state index is 12.6.